The molecule has 1 unspecified atom stereocenters. The second-order valence-electron chi connectivity index (χ2n) is 4.36. The van der Waals surface area contributed by atoms with Crippen LogP contribution in [0.1, 0.15) is 12.5 Å². The normalized spacial score (nSPS) is 23.9. The van der Waals surface area contributed by atoms with Crippen molar-refractivity contribution in [1.82, 2.24) is 0 Å². The van der Waals surface area contributed by atoms with Gasteiger partial charge in [0.25, 0.3) is 0 Å². The first-order valence-electron chi connectivity index (χ1n) is 4.94. The maximum Gasteiger partial charge on any atom is 0.0586 e. The van der Waals surface area contributed by atoms with Crippen molar-refractivity contribution in [2.24, 2.45) is 5.41 Å². The molecular formula is C13H16O. The van der Waals surface area contributed by atoms with E-state index in [0.717, 1.165) is 6.61 Å². The van der Waals surface area contributed by atoms with Gasteiger partial charge in [-0.3, -0.25) is 0 Å². The summed E-state index contributed by atoms with van der Waals surface area (Å²) in [5.41, 5.74) is 1.39. The molecule has 0 aromatic heterocycles. The molecule has 0 N–H and O–H groups in total. The lowest BCUT2D eigenvalue weighted by Gasteiger charge is -2.17. The molecule has 0 fully saturated rings. The molecule has 1 aromatic rings. The van der Waals surface area contributed by atoms with E-state index in [2.05, 4.69) is 44.2 Å². The van der Waals surface area contributed by atoms with Crippen LogP contribution in [0.4, 0.5) is 0 Å². The van der Waals surface area contributed by atoms with Gasteiger partial charge in [-0.05, 0) is 17.4 Å². The zero-order valence-corrected chi connectivity index (χ0v) is 9.00. The average Bonchev–Trinajstić information content (AvgIpc) is 2.40. The van der Waals surface area contributed by atoms with Gasteiger partial charge in [-0.1, -0.05) is 42.8 Å². The summed E-state index contributed by atoms with van der Waals surface area (Å²) in [6, 6.07) is 6.57. The fourth-order valence-electron chi connectivity index (χ4n) is 2.10. The second-order valence-corrected chi connectivity index (χ2v) is 4.36. The lowest BCUT2D eigenvalue weighted by Crippen LogP contribution is -2.20. The molecule has 2 rings (SSSR count). The molecule has 0 aliphatic heterocycles. The molecule has 0 spiro atoms. The molecule has 14 heavy (non-hydrogen) atoms. The van der Waals surface area contributed by atoms with Crippen LogP contribution in [0.5, 0.6) is 0 Å². The summed E-state index contributed by atoms with van der Waals surface area (Å²) < 4.78 is 5.23. The Hall–Kier alpha value is -1.08. The number of fused-ring (bicyclic) bond motifs is 1. The Morgan fingerprint density at radius 1 is 1.21 bits per heavy atom. The lowest BCUT2D eigenvalue weighted by molar-refractivity contribution is 0.160. The largest absolute Gasteiger partial charge is 0.383 e. The van der Waals surface area contributed by atoms with Crippen LogP contribution in [0.3, 0.4) is 0 Å². The van der Waals surface area contributed by atoms with Gasteiger partial charge in [0.15, 0.2) is 0 Å². The lowest BCUT2D eigenvalue weighted by atomic mass is 9.94. The van der Waals surface area contributed by atoms with Crippen LogP contribution in [0.25, 0.3) is 12.2 Å². The molecule has 74 valence electrons. The SMILES string of the molecule is COCC1(C)C=c2ccc(C)cc2=C1. The van der Waals surface area contributed by atoms with Crippen molar-refractivity contribution in [3.8, 4) is 0 Å². The second kappa shape index (κ2) is 3.25. The predicted octanol–water partition coefficient (Wildman–Crippen LogP) is 1.22. The fourth-order valence-corrected chi connectivity index (χ4v) is 2.10. The van der Waals surface area contributed by atoms with E-state index in [-0.39, 0.29) is 5.41 Å². The number of hydrogen-bond donors (Lipinski definition) is 0. The monoisotopic (exact) mass is 188 g/mol. The van der Waals surface area contributed by atoms with Crippen LogP contribution in [-0.2, 0) is 4.74 Å². The molecule has 1 atom stereocenters. The van der Waals surface area contributed by atoms with Crippen molar-refractivity contribution < 1.29 is 4.74 Å². The minimum Gasteiger partial charge on any atom is -0.383 e. The van der Waals surface area contributed by atoms with Crippen molar-refractivity contribution in [2.75, 3.05) is 13.7 Å². The number of hydrogen-bond acceptors (Lipinski definition) is 1. The molecule has 0 bridgehead atoms. The Balaban J connectivity index is 2.53. The first-order valence-corrected chi connectivity index (χ1v) is 4.94. The fraction of sp³-hybridized carbons (Fsp3) is 0.385. The number of methoxy groups -OCH3 is 1. The summed E-state index contributed by atoms with van der Waals surface area (Å²) in [4.78, 5) is 0. The highest BCUT2D eigenvalue weighted by Crippen LogP contribution is 2.22. The first-order chi connectivity index (χ1) is 6.63. The maximum absolute atomic E-state index is 5.23. The minimum absolute atomic E-state index is 0.0743. The van der Waals surface area contributed by atoms with Crippen LogP contribution in [0.15, 0.2) is 18.2 Å². The van der Waals surface area contributed by atoms with Crippen molar-refractivity contribution in [3.63, 3.8) is 0 Å². The number of aryl methyl sites for hydroxylation is 1. The Morgan fingerprint density at radius 2 is 1.93 bits per heavy atom. The molecule has 0 radical (unpaired) electrons. The summed E-state index contributed by atoms with van der Waals surface area (Å²) in [5.74, 6) is 0. The van der Waals surface area contributed by atoms with E-state index < -0.39 is 0 Å². The van der Waals surface area contributed by atoms with Gasteiger partial charge >= 0.3 is 0 Å². The van der Waals surface area contributed by atoms with Crippen LogP contribution in [-0.4, -0.2) is 13.7 Å². The summed E-state index contributed by atoms with van der Waals surface area (Å²) in [5, 5.41) is 2.67. The van der Waals surface area contributed by atoms with Gasteiger partial charge in [0.1, 0.15) is 0 Å². The van der Waals surface area contributed by atoms with Crippen molar-refractivity contribution in [2.45, 2.75) is 13.8 Å². The van der Waals surface area contributed by atoms with E-state index in [1.807, 2.05) is 0 Å². The summed E-state index contributed by atoms with van der Waals surface area (Å²) in [6.45, 7) is 5.08. The molecule has 1 aliphatic carbocycles. The third-order valence-electron chi connectivity index (χ3n) is 2.67. The van der Waals surface area contributed by atoms with Crippen LogP contribution in [0, 0.1) is 12.3 Å². The van der Waals surface area contributed by atoms with E-state index in [1.54, 1.807) is 7.11 Å². The van der Waals surface area contributed by atoms with E-state index >= 15 is 0 Å². The van der Waals surface area contributed by atoms with Gasteiger partial charge in [-0.15, -0.1) is 0 Å². The van der Waals surface area contributed by atoms with Gasteiger partial charge in [0.05, 0.1) is 6.61 Å². The Labute approximate surface area is 84.7 Å². The van der Waals surface area contributed by atoms with E-state index in [9.17, 15) is 0 Å². The molecule has 1 aliphatic rings. The van der Waals surface area contributed by atoms with Crippen molar-refractivity contribution >= 4 is 12.2 Å². The number of ether oxygens (including phenoxy) is 1. The topological polar surface area (TPSA) is 9.23 Å². The molecule has 0 amide bonds. The summed E-state index contributed by atoms with van der Waals surface area (Å²) in [7, 11) is 1.75. The molecule has 0 saturated heterocycles. The van der Waals surface area contributed by atoms with E-state index in [1.165, 1.54) is 16.0 Å². The van der Waals surface area contributed by atoms with Crippen molar-refractivity contribution in [1.29, 1.82) is 0 Å². The number of rotatable bonds is 2. The van der Waals surface area contributed by atoms with Crippen LogP contribution >= 0.6 is 0 Å². The Bertz CT molecular complexity index is 459. The third-order valence-corrected chi connectivity index (χ3v) is 2.67. The van der Waals surface area contributed by atoms with Gasteiger partial charge in [0, 0.05) is 12.5 Å². The quantitative estimate of drug-likeness (QED) is 0.678. The smallest absolute Gasteiger partial charge is 0.0586 e. The standard InChI is InChI=1S/C13H16O/c1-10-4-5-11-7-13(2,9-14-3)8-12(11)6-10/h4-8H,9H2,1-3H3. The summed E-state index contributed by atoms with van der Waals surface area (Å²) >= 11 is 0. The maximum atomic E-state index is 5.23. The zero-order chi connectivity index (χ0) is 10.2. The first kappa shape index (κ1) is 9.47. The van der Waals surface area contributed by atoms with E-state index in [0.29, 0.717) is 0 Å². The van der Waals surface area contributed by atoms with Crippen molar-refractivity contribution in [3.05, 3.63) is 34.2 Å². The third kappa shape index (κ3) is 1.60. The van der Waals surface area contributed by atoms with Gasteiger partial charge in [-0.2, -0.15) is 0 Å². The molecule has 0 heterocycles. The molecule has 1 heteroatoms. The Morgan fingerprint density at radius 3 is 2.64 bits per heavy atom. The molecule has 1 nitrogen and oxygen atoms in total. The van der Waals surface area contributed by atoms with Crippen LogP contribution < -0.4 is 10.4 Å². The Kier molecular flexibility index (Phi) is 2.20. The van der Waals surface area contributed by atoms with Gasteiger partial charge in [-0.25, -0.2) is 0 Å². The predicted molar refractivity (Wildman–Crippen MR) is 59.3 cm³/mol. The number of benzene rings is 1. The molecular weight excluding hydrogens is 172 g/mol. The molecule has 0 saturated carbocycles. The van der Waals surface area contributed by atoms with E-state index in [4.69, 9.17) is 4.74 Å². The zero-order valence-electron chi connectivity index (χ0n) is 9.00. The highest BCUT2D eigenvalue weighted by molar-refractivity contribution is 5.56. The highest BCUT2D eigenvalue weighted by Gasteiger charge is 2.21. The van der Waals surface area contributed by atoms with Crippen LogP contribution in [0.2, 0.25) is 0 Å². The van der Waals surface area contributed by atoms with Gasteiger partial charge < -0.3 is 4.74 Å². The average molecular weight is 188 g/mol. The summed E-state index contributed by atoms with van der Waals surface area (Å²) in [6.07, 6.45) is 4.57. The van der Waals surface area contributed by atoms with Gasteiger partial charge in [0.2, 0.25) is 0 Å². The molecule has 1 aromatic carbocycles. The highest BCUT2D eigenvalue weighted by atomic mass is 16.5. The minimum atomic E-state index is 0.0743.